The molecule has 8 nitrogen and oxygen atoms in total. The molecule has 0 aliphatic heterocycles. The van der Waals surface area contributed by atoms with Crippen LogP contribution in [0.25, 0.3) is 16.6 Å². The van der Waals surface area contributed by atoms with Crippen molar-refractivity contribution in [3.8, 4) is 11.8 Å². The molecular weight excluding hydrogens is 422 g/mol. The number of Topliss-reactive ketones (excluding diaryl/α,β-unsaturated/α-hetero) is 1. The summed E-state index contributed by atoms with van der Waals surface area (Å²) in [6.07, 6.45) is 0.0489. The first-order valence-corrected chi connectivity index (χ1v) is 9.87. The van der Waals surface area contributed by atoms with E-state index in [1.54, 1.807) is 60.7 Å². The molecule has 1 aromatic heterocycles. The molecule has 0 amide bonds. The summed E-state index contributed by atoms with van der Waals surface area (Å²) in [5, 5.41) is 26.7. The van der Waals surface area contributed by atoms with Gasteiger partial charge in [0.15, 0.2) is 5.78 Å². The number of allylic oxidation sites excluding steroid dienone is 1. The number of carboxylic acids is 1. The first-order valence-electron chi connectivity index (χ1n) is 9.87. The van der Waals surface area contributed by atoms with Crippen molar-refractivity contribution in [1.29, 1.82) is 5.26 Å². The summed E-state index contributed by atoms with van der Waals surface area (Å²) in [7, 11) is 1.52. The number of ketones is 1. The lowest BCUT2D eigenvalue weighted by molar-refractivity contribution is -0.130. The van der Waals surface area contributed by atoms with Crippen molar-refractivity contribution in [1.82, 2.24) is 10.3 Å². The number of nitriles is 1. The number of carbonyl (C=O) groups excluding carboxylic acids is 1. The number of carboxylic acid groups (broad SMARTS) is 1. The molecule has 0 fully saturated rings. The smallest absolute Gasteiger partial charge is 0.336 e. The summed E-state index contributed by atoms with van der Waals surface area (Å²) in [4.78, 5) is 26.0. The quantitative estimate of drug-likeness (QED) is 0.337. The molecule has 162 valence electrons. The molecule has 8 heteroatoms. The van der Waals surface area contributed by atoms with Crippen molar-refractivity contribution in [2.45, 2.75) is 6.42 Å². The number of hydrogen-bond acceptors (Lipinski definition) is 7. The Hall–Kier alpha value is -4.77. The van der Waals surface area contributed by atoms with E-state index < -0.39 is 11.8 Å². The average Bonchev–Trinajstić information content (AvgIpc) is 3.31. The SMILES string of the molecule is COc1ccc(C(=O)/C(Cc2ccc(C#N)cc2)=C(/C(=O)O)c2ccc3nonc3c2)cc1. The van der Waals surface area contributed by atoms with Crippen LogP contribution in [-0.2, 0) is 11.2 Å². The monoisotopic (exact) mass is 439 g/mol. The fourth-order valence-corrected chi connectivity index (χ4v) is 3.46. The molecule has 0 unspecified atom stereocenters. The maximum Gasteiger partial charge on any atom is 0.336 e. The van der Waals surface area contributed by atoms with Crippen molar-refractivity contribution < 1.29 is 24.1 Å². The van der Waals surface area contributed by atoms with Crippen molar-refractivity contribution in [2.75, 3.05) is 7.11 Å². The average molecular weight is 439 g/mol. The third-order valence-corrected chi connectivity index (χ3v) is 5.15. The molecule has 1 N–H and O–H groups in total. The van der Waals surface area contributed by atoms with Crippen LogP contribution in [0, 0.1) is 11.3 Å². The zero-order valence-corrected chi connectivity index (χ0v) is 17.5. The largest absolute Gasteiger partial charge is 0.497 e. The molecule has 0 atom stereocenters. The van der Waals surface area contributed by atoms with Gasteiger partial charge in [-0.2, -0.15) is 5.26 Å². The number of benzene rings is 3. The number of hydrogen-bond donors (Lipinski definition) is 1. The van der Waals surface area contributed by atoms with E-state index in [1.165, 1.54) is 13.2 Å². The molecule has 4 rings (SSSR count). The van der Waals surface area contributed by atoms with Gasteiger partial charge < -0.3 is 9.84 Å². The molecule has 33 heavy (non-hydrogen) atoms. The Balaban J connectivity index is 1.88. The van der Waals surface area contributed by atoms with Gasteiger partial charge in [0.1, 0.15) is 16.8 Å². The number of carbonyl (C=O) groups is 2. The van der Waals surface area contributed by atoms with E-state index in [4.69, 9.17) is 14.6 Å². The molecule has 0 aliphatic rings. The lowest BCUT2D eigenvalue weighted by atomic mass is 9.89. The van der Waals surface area contributed by atoms with Gasteiger partial charge in [0.2, 0.25) is 0 Å². The predicted octanol–water partition coefficient (Wildman–Crippen LogP) is 4.07. The minimum Gasteiger partial charge on any atom is -0.497 e. The van der Waals surface area contributed by atoms with E-state index >= 15 is 0 Å². The minimum absolute atomic E-state index is 0.0489. The molecular formula is C25H17N3O5. The number of fused-ring (bicyclic) bond motifs is 1. The standard InChI is InChI=1S/C25H17N3O5/c1-32-19-9-6-17(7-10-19)24(29)20(12-15-2-4-16(14-26)5-3-15)23(25(30)31)18-8-11-21-22(13-18)28-33-27-21/h2-11,13H,12H2,1H3,(H,30,31)/b23-20+. The van der Waals surface area contributed by atoms with Crippen molar-refractivity contribution in [2.24, 2.45) is 0 Å². The number of nitrogens with zero attached hydrogens (tertiary/aromatic N) is 3. The Morgan fingerprint density at radius 2 is 1.64 bits per heavy atom. The highest BCUT2D eigenvalue weighted by atomic mass is 16.6. The molecule has 0 spiro atoms. The Morgan fingerprint density at radius 3 is 2.27 bits per heavy atom. The normalized spacial score (nSPS) is 11.5. The number of aliphatic carboxylic acids is 1. The van der Waals surface area contributed by atoms with Crippen LogP contribution < -0.4 is 4.74 Å². The molecule has 1 heterocycles. The highest BCUT2D eigenvalue weighted by Gasteiger charge is 2.24. The lowest BCUT2D eigenvalue weighted by Gasteiger charge is -2.13. The van der Waals surface area contributed by atoms with Gasteiger partial charge in [-0.1, -0.05) is 18.2 Å². The summed E-state index contributed by atoms with van der Waals surface area (Å²) < 4.78 is 9.86. The maximum atomic E-state index is 13.5. The number of ether oxygens (including phenoxy) is 1. The molecule has 0 saturated carbocycles. The fourth-order valence-electron chi connectivity index (χ4n) is 3.46. The first-order chi connectivity index (χ1) is 16.0. The van der Waals surface area contributed by atoms with Gasteiger partial charge in [-0.3, -0.25) is 4.79 Å². The zero-order chi connectivity index (χ0) is 23.4. The summed E-state index contributed by atoms with van der Waals surface area (Å²) in [6.45, 7) is 0. The highest BCUT2D eigenvalue weighted by molar-refractivity contribution is 6.26. The zero-order valence-electron chi connectivity index (χ0n) is 17.5. The van der Waals surface area contributed by atoms with Crippen molar-refractivity contribution in [3.63, 3.8) is 0 Å². The van der Waals surface area contributed by atoms with Gasteiger partial charge >= 0.3 is 5.97 Å². The lowest BCUT2D eigenvalue weighted by Crippen LogP contribution is -2.14. The van der Waals surface area contributed by atoms with Gasteiger partial charge in [0.05, 0.1) is 24.3 Å². The van der Waals surface area contributed by atoms with E-state index in [2.05, 4.69) is 10.3 Å². The van der Waals surface area contributed by atoms with Crippen LogP contribution in [0.1, 0.15) is 27.0 Å². The second kappa shape index (κ2) is 9.16. The van der Waals surface area contributed by atoms with Gasteiger partial charge in [0.25, 0.3) is 0 Å². The summed E-state index contributed by atoms with van der Waals surface area (Å²) in [6, 6.07) is 19.8. The topological polar surface area (TPSA) is 126 Å². The van der Waals surface area contributed by atoms with E-state index in [0.29, 0.717) is 39.0 Å². The van der Waals surface area contributed by atoms with Gasteiger partial charge in [-0.15, -0.1) is 0 Å². The number of aromatic nitrogens is 2. The highest BCUT2D eigenvalue weighted by Crippen LogP contribution is 2.28. The van der Waals surface area contributed by atoms with Crippen LogP contribution >= 0.6 is 0 Å². The maximum absolute atomic E-state index is 13.5. The van der Waals surface area contributed by atoms with E-state index in [1.807, 2.05) is 6.07 Å². The van der Waals surface area contributed by atoms with Crippen LogP contribution in [-0.4, -0.2) is 34.3 Å². The van der Waals surface area contributed by atoms with E-state index in [0.717, 1.165) is 0 Å². The Bertz CT molecular complexity index is 1410. The van der Waals surface area contributed by atoms with Crippen LogP contribution in [0.4, 0.5) is 0 Å². The van der Waals surface area contributed by atoms with Gasteiger partial charge in [-0.25, -0.2) is 9.42 Å². The summed E-state index contributed by atoms with van der Waals surface area (Å²) >= 11 is 0. The summed E-state index contributed by atoms with van der Waals surface area (Å²) in [5.41, 5.74) is 2.57. The van der Waals surface area contributed by atoms with Crippen LogP contribution in [0.2, 0.25) is 0 Å². The minimum atomic E-state index is -1.25. The molecule has 0 saturated heterocycles. The number of rotatable bonds is 7. The van der Waals surface area contributed by atoms with Crippen molar-refractivity contribution in [3.05, 3.63) is 94.6 Å². The first kappa shape index (κ1) is 21.5. The molecule has 4 aromatic rings. The van der Waals surface area contributed by atoms with Crippen molar-refractivity contribution >= 4 is 28.4 Å². The fraction of sp³-hybridized carbons (Fsp3) is 0.0800. The van der Waals surface area contributed by atoms with Gasteiger partial charge in [0, 0.05) is 17.6 Å². The Kier molecular flexibility index (Phi) is 5.96. The Morgan fingerprint density at radius 1 is 0.970 bits per heavy atom. The molecule has 0 bridgehead atoms. The van der Waals surface area contributed by atoms with Crippen LogP contribution in [0.5, 0.6) is 5.75 Å². The van der Waals surface area contributed by atoms with Gasteiger partial charge in [-0.05, 0) is 70.0 Å². The molecule has 0 aliphatic carbocycles. The Labute approximate surface area is 188 Å². The third kappa shape index (κ3) is 4.48. The second-order valence-electron chi connectivity index (χ2n) is 7.17. The second-order valence-corrected chi connectivity index (χ2v) is 7.17. The van der Waals surface area contributed by atoms with Crippen LogP contribution in [0.15, 0.2) is 76.9 Å². The van der Waals surface area contributed by atoms with E-state index in [9.17, 15) is 14.7 Å². The number of methoxy groups -OCH3 is 1. The van der Waals surface area contributed by atoms with Crippen LogP contribution in [0.3, 0.4) is 0 Å². The summed E-state index contributed by atoms with van der Waals surface area (Å²) in [5.74, 6) is -1.11. The third-order valence-electron chi connectivity index (χ3n) is 5.15. The molecule has 3 aromatic carbocycles. The molecule has 0 radical (unpaired) electrons. The van der Waals surface area contributed by atoms with E-state index in [-0.39, 0.29) is 17.6 Å². The predicted molar refractivity (Wildman–Crippen MR) is 119 cm³/mol.